The summed E-state index contributed by atoms with van der Waals surface area (Å²) in [5.74, 6) is 1.92. The molecule has 0 saturated heterocycles. The second kappa shape index (κ2) is 13.7. The summed E-state index contributed by atoms with van der Waals surface area (Å²) in [6.45, 7) is 0. The molecule has 2 heterocycles. The number of rotatable bonds is 7. The molecule has 2 aromatic heterocycles. The molecule has 0 unspecified atom stereocenters. The molecular formula is C48H32N4. The first kappa shape index (κ1) is 31.0. The Morgan fingerprint density at radius 2 is 0.673 bits per heavy atom. The Kier molecular flexibility index (Phi) is 8.16. The smallest absolute Gasteiger partial charge is 0.164 e. The maximum absolute atomic E-state index is 5.00. The molecule has 0 aliphatic carbocycles. The van der Waals surface area contributed by atoms with Crippen LogP contribution >= 0.6 is 0 Å². The molecule has 244 valence electrons. The number of fused-ring (bicyclic) bond motifs is 1. The third-order valence-corrected chi connectivity index (χ3v) is 9.45. The Bertz CT molecular complexity index is 2630. The second-order valence-electron chi connectivity index (χ2n) is 12.8. The second-order valence-corrected chi connectivity index (χ2v) is 12.8. The molecule has 9 aromatic rings. The summed E-state index contributed by atoms with van der Waals surface area (Å²) in [5, 5.41) is 2.36. The molecule has 0 bridgehead atoms. The third-order valence-electron chi connectivity index (χ3n) is 9.45. The molecule has 9 rings (SSSR count). The van der Waals surface area contributed by atoms with Crippen molar-refractivity contribution < 1.29 is 0 Å². The van der Waals surface area contributed by atoms with Crippen LogP contribution in [0, 0.1) is 0 Å². The van der Waals surface area contributed by atoms with Gasteiger partial charge in [-0.2, -0.15) is 0 Å². The van der Waals surface area contributed by atoms with Gasteiger partial charge < -0.3 is 0 Å². The van der Waals surface area contributed by atoms with E-state index in [2.05, 4.69) is 151 Å². The molecule has 0 fully saturated rings. The van der Waals surface area contributed by atoms with Gasteiger partial charge in [0.05, 0.1) is 0 Å². The average molecular weight is 665 g/mol. The molecule has 0 amide bonds. The summed E-state index contributed by atoms with van der Waals surface area (Å²) in [6.07, 6.45) is 3.87. The van der Waals surface area contributed by atoms with E-state index in [0.29, 0.717) is 17.5 Å². The van der Waals surface area contributed by atoms with Crippen LogP contribution in [0.4, 0.5) is 0 Å². The number of aromatic nitrogens is 4. The summed E-state index contributed by atoms with van der Waals surface area (Å²) in [7, 11) is 0. The van der Waals surface area contributed by atoms with Crippen LogP contribution in [0.5, 0.6) is 0 Å². The van der Waals surface area contributed by atoms with Gasteiger partial charge >= 0.3 is 0 Å². The number of pyridine rings is 1. The predicted molar refractivity (Wildman–Crippen MR) is 213 cm³/mol. The molecule has 0 aliphatic rings. The maximum Gasteiger partial charge on any atom is 0.164 e. The first-order chi connectivity index (χ1) is 25.7. The zero-order chi connectivity index (χ0) is 34.7. The number of benzene rings is 7. The van der Waals surface area contributed by atoms with Crippen LogP contribution in [-0.4, -0.2) is 19.9 Å². The van der Waals surface area contributed by atoms with E-state index in [-0.39, 0.29) is 0 Å². The lowest BCUT2D eigenvalue weighted by Gasteiger charge is -2.10. The molecule has 7 aromatic carbocycles. The van der Waals surface area contributed by atoms with Crippen molar-refractivity contribution >= 4 is 10.8 Å². The van der Waals surface area contributed by atoms with Gasteiger partial charge in [-0.3, -0.25) is 4.98 Å². The third kappa shape index (κ3) is 6.26. The van der Waals surface area contributed by atoms with Crippen LogP contribution < -0.4 is 0 Å². The van der Waals surface area contributed by atoms with Crippen LogP contribution in [0.2, 0.25) is 0 Å². The minimum Gasteiger partial charge on any atom is -0.263 e. The standard InChI is InChI=1S/C48H32N4/c1-3-10-33(11-4-1)41-15-9-16-42(30-41)48-51-46(39-12-5-2-6-13-39)50-47(52-48)40-28-24-37(25-29-40)35-20-18-34(19-21-35)36-22-26-38(27-23-36)45-32-49-31-43-14-7-8-17-44(43)45/h1-32H. The van der Waals surface area contributed by atoms with Gasteiger partial charge in [0.1, 0.15) is 0 Å². The molecule has 0 saturated carbocycles. The monoisotopic (exact) mass is 664 g/mol. The summed E-state index contributed by atoms with van der Waals surface area (Å²) < 4.78 is 0. The highest BCUT2D eigenvalue weighted by Crippen LogP contribution is 2.32. The van der Waals surface area contributed by atoms with Gasteiger partial charge in [0.2, 0.25) is 0 Å². The van der Waals surface area contributed by atoms with E-state index in [4.69, 9.17) is 15.0 Å². The summed E-state index contributed by atoms with van der Waals surface area (Å²) in [6, 6.07) is 63.2. The van der Waals surface area contributed by atoms with Gasteiger partial charge in [-0.25, -0.2) is 15.0 Å². The Hall–Kier alpha value is -7.04. The van der Waals surface area contributed by atoms with Crippen molar-refractivity contribution in [2.45, 2.75) is 0 Å². The average Bonchev–Trinajstić information content (AvgIpc) is 3.24. The van der Waals surface area contributed by atoms with Gasteiger partial charge in [-0.15, -0.1) is 0 Å². The lowest BCUT2D eigenvalue weighted by Crippen LogP contribution is -2.00. The number of hydrogen-bond donors (Lipinski definition) is 0. The fourth-order valence-electron chi connectivity index (χ4n) is 6.67. The highest BCUT2D eigenvalue weighted by atomic mass is 15.0. The van der Waals surface area contributed by atoms with Crippen molar-refractivity contribution in [2.75, 3.05) is 0 Å². The molecule has 4 heteroatoms. The van der Waals surface area contributed by atoms with Crippen molar-refractivity contribution in [1.82, 2.24) is 19.9 Å². The van der Waals surface area contributed by atoms with Crippen LogP contribution in [0.15, 0.2) is 194 Å². The van der Waals surface area contributed by atoms with Crippen LogP contribution in [0.25, 0.3) is 89.4 Å². The minimum absolute atomic E-state index is 0.638. The van der Waals surface area contributed by atoms with Gasteiger partial charge in [0.15, 0.2) is 17.5 Å². The van der Waals surface area contributed by atoms with E-state index < -0.39 is 0 Å². The zero-order valence-electron chi connectivity index (χ0n) is 28.3. The summed E-state index contributed by atoms with van der Waals surface area (Å²) in [5.41, 5.74) is 12.0. The highest BCUT2D eigenvalue weighted by Gasteiger charge is 2.14. The van der Waals surface area contributed by atoms with Crippen molar-refractivity contribution in [1.29, 1.82) is 0 Å². The largest absolute Gasteiger partial charge is 0.263 e. The van der Waals surface area contributed by atoms with Gasteiger partial charge in [0.25, 0.3) is 0 Å². The van der Waals surface area contributed by atoms with Crippen LogP contribution in [0.3, 0.4) is 0 Å². The SMILES string of the molecule is c1ccc(-c2cccc(-c3nc(-c4ccccc4)nc(-c4ccc(-c5ccc(-c6ccc(-c7cncc8ccccc78)cc6)cc5)cc4)n3)c2)cc1. The highest BCUT2D eigenvalue weighted by molar-refractivity contribution is 5.96. The molecule has 0 aliphatic heterocycles. The van der Waals surface area contributed by atoms with E-state index in [1.165, 1.54) is 16.5 Å². The summed E-state index contributed by atoms with van der Waals surface area (Å²) >= 11 is 0. The van der Waals surface area contributed by atoms with Crippen LogP contribution in [-0.2, 0) is 0 Å². The van der Waals surface area contributed by atoms with Crippen molar-refractivity contribution in [3.63, 3.8) is 0 Å². The number of hydrogen-bond acceptors (Lipinski definition) is 4. The zero-order valence-corrected chi connectivity index (χ0v) is 28.3. The lowest BCUT2D eigenvalue weighted by molar-refractivity contribution is 1.07. The predicted octanol–water partition coefficient (Wildman–Crippen LogP) is 12.1. The topological polar surface area (TPSA) is 51.6 Å². The fraction of sp³-hybridized carbons (Fsp3) is 0. The van der Waals surface area contributed by atoms with E-state index in [1.807, 2.05) is 48.8 Å². The van der Waals surface area contributed by atoms with Crippen molar-refractivity contribution in [3.8, 4) is 78.7 Å². The molecule has 52 heavy (non-hydrogen) atoms. The van der Waals surface area contributed by atoms with E-state index in [9.17, 15) is 0 Å². The molecule has 0 radical (unpaired) electrons. The quantitative estimate of drug-likeness (QED) is 0.170. The Morgan fingerprint density at radius 3 is 1.27 bits per heavy atom. The normalized spacial score (nSPS) is 11.1. The van der Waals surface area contributed by atoms with E-state index >= 15 is 0 Å². The molecule has 0 spiro atoms. The molecule has 4 nitrogen and oxygen atoms in total. The lowest BCUT2D eigenvalue weighted by atomic mass is 9.96. The first-order valence-corrected chi connectivity index (χ1v) is 17.4. The van der Waals surface area contributed by atoms with E-state index in [0.717, 1.165) is 55.5 Å². The summed E-state index contributed by atoms with van der Waals surface area (Å²) in [4.78, 5) is 19.3. The van der Waals surface area contributed by atoms with Crippen molar-refractivity contribution in [3.05, 3.63) is 194 Å². The van der Waals surface area contributed by atoms with Gasteiger partial charge in [-0.05, 0) is 50.4 Å². The van der Waals surface area contributed by atoms with E-state index in [1.54, 1.807) is 0 Å². The van der Waals surface area contributed by atoms with Crippen molar-refractivity contribution in [2.24, 2.45) is 0 Å². The fourth-order valence-corrected chi connectivity index (χ4v) is 6.67. The van der Waals surface area contributed by atoms with Gasteiger partial charge in [-0.1, -0.05) is 176 Å². The minimum atomic E-state index is 0.638. The Morgan fingerprint density at radius 1 is 0.269 bits per heavy atom. The molecule has 0 N–H and O–H groups in total. The van der Waals surface area contributed by atoms with Gasteiger partial charge in [0, 0.05) is 40.0 Å². The molecular weight excluding hydrogens is 633 g/mol. The Balaban J connectivity index is 0.992. The molecule has 0 atom stereocenters. The number of nitrogens with zero attached hydrogens (tertiary/aromatic N) is 4. The maximum atomic E-state index is 5.00. The Labute approximate surface area is 302 Å². The van der Waals surface area contributed by atoms with Crippen LogP contribution in [0.1, 0.15) is 0 Å². The first-order valence-electron chi connectivity index (χ1n) is 17.4.